The highest BCUT2D eigenvalue weighted by atomic mass is 19.1. The van der Waals surface area contributed by atoms with Crippen LogP contribution in [0.3, 0.4) is 0 Å². The molecule has 1 aromatic rings. The van der Waals surface area contributed by atoms with Crippen LogP contribution in [0.1, 0.15) is 6.42 Å². The quantitative estimate of drug-likeness (QED) is 0.806. The van der Waals surface area contributed by atoms with Gasteiger partial charge in [0, 0.05) is 30.3 Å². The molecule has 1 fully saturated rings. The second-order valence-electron chi connectivity index (χ2n) is 3.85. The van der Waals surface area contributed by atoms with E-state index >= 15 is 0 Å². The molecular formula is C11H13F2NO2. The molecule has 1 aliphatic heterocycles. The minimum Gasteiger partial charge on any atom is -0.487 e. The van der Waals surface area contributed by atoms with Crippen LogP contribution in [0.5, 0.6) is 5.75 Å². The van der Waals surface area contributed by atoms with Crippen molar-refractivity contribution >= 4 is 5.69 Å². The Balaban J connectivity index is 2.03. The SMILES string of the molecule is Nc1cc(F)c(OCC2CCOC2)c(F)c1. The highest BCUT2D eigenvalue weighted by molar-refractivity contribution is 5.44. The number of nitrogen functional groups attached to an aromatic ring is 1. The molecule has 1 saturated heterocycles. The number of hydrogen-bond donors (Lipinski definition) is 1. The molecule has 1 atom stereocenters. The fourth-order valence-electron chi connectivity index (χ4n) is 1.63. The molecule has 0 spiro atoms. The molecule has 0 aliphatic carbocycles. The first kappa shape index (κ1) is 11.1. The fourth-order valence-corrected chi connectivity index (χ4v) is 1.63. The highest BCUT2D eigenvalue weighted by Gasteiger charge is 2.18. The Morgan fingerprint density at radius 1 is 1.38 bits per heavy atom. The van der Waals surface area contributed by atoms with Gasteiger partial charge in [-0.2, -0.15) is 0 Å². The van der Waals surface area contributed by atoms with E-state index < -0.39 is 11.6 Å². The van der Waals surface area contributed by atoms with Gasteiger partial charge in [-0.3, -0.25) is 0 Å². The van der Waals surface area contributed by atoms with Gasteiger partial charge in [0.2, 0.25) is 0 Å². The molecule has 0 radical (unpaired) electrons. The third-order valence-corrected chi connectivity index (χ3v) is 2.51. The number of benzene rings is 1. The average molecular weight is 229 g/mol. The minimum atomic E-state index is -0.767. The Kier molecular flexibility index (Phi) is 3.24. The topological polar surface area (TPSA) is 44.5 Å². The van der Waals surface area contributed by atoms with Gasteiger partial charge in [0.25, 0.3) is 0 Å². The minimum absolute atomic E-state index is 0.0477. The van der Waals surface area contributed by atoms with E-state index in [-0.39, 0.29) is 24.0 Å². The average Bonchev–Trinajstić information content (AvgIpc) is 2.68. The van der Waals surface area contributed by atoms with Gasteiger partial charge in [0.15, 0.2) is 17.4 Å². The molecular weight excluding hydrogens is 216 g/mol. The molecule has 0 saturated carbocycles. The van der Waals surface area contributed by atoms with Crippen LogP contribution in [0.15, 0.2) is 12.1 Å². The van der Waals surface area contributed by atoms with Gasteiger partial charge in [-0.15, -0.1) is 0 Å². The van der Waals surface area contributed by atoms with Gasteiger partial charge >= 0.3 is 0 Å². The van der Waals surface area contributed by atoms with Gasteiger partial charge in [-0.05, 0) is 6.42 Å². The number of anilines is 1. The van der Waals surface area contributed by atoms with Crippen molar-refractivity contribution in [3.63, 3.8) is 0 Å². The molecule has 0 amide bonds. The van der Waals surface area contributed by atoms with E-state index in [9.17, 15) is 8.78 Å². The zero-order valence-electron chi connectivity index (χ0n) is 8.71. The lowest BCUT2D eigenvalue weighted by Crippen LogP contribution is -2.13. The van der Waals surface area contributed by atoms with Crippen molar-refractivity contribution in [2.24, 2.45) is 5.92 Å². The molecule has 0 bridgehead atoms. The van der Waals surface area contributed by atoms with E-state index in [1.165, 1.54) is 0 Å². The van der Waals surface area contributed by atoms with E-state index in [0.29, 0.717) is 13.2 Å². The predicted molar refractivity (Wildman–Crippen MR) is 55.2 cm³/mol. The maximum absolute atomic E-state index is 13.3. The molecule has 1 heterocycles. The zero-order valence-corrected chi connectivity index (χ0v) is 8.71. The second-order valence-corrected chi connectivity index (χ2v) is 3.85. The summed E-state index contributed by atoms with van der Waals surface area (Å²) in [5, 5.41) is 0. The lowest BCUT2D eigenvalue weighted by molar-refractivity contribution is 0.163. The number of rotatable bonds is 3. The van der Waals surface area contributed by atoms with Crippen molar-refractivity contribution < 1.29 is 18.3 Å². The van der Waals surface area contributed by atoms with Gasteiger partial charge in [-0.1, -0.05) is 0 Å². The lowest BCUT2D eigenvalue weighted by atomic mass is 10.1. The summed E-state index contributed by atoms with van der Waals surface area (Å²) in [6, 6.07) is 2.09. The Bertz CT molecular complexity index is 355. The molecule has 16 heavy (non-hydrogen) atoms. The Morgan fingerprint density at radius 2 is 2.06 bits per heavy atom. The van der Waals surface area contributed by atoms with E-state index in [1.807, 2.05) is 0 Å². The first-order valence-corrected chi connectivity index (χ1v) is 5.12. The Hall–Kier alpha value is -1.36. The summed E-state index contributed by atoms with van der Waals surface area (Å²) in [4.78, 5) is 0. The maximum atomic E-state index is 13.3. The summed E-state index contributed by atoms with van der Waals surface area (Å²) >= 11 is 0. The molecule has 2 rings (SSSR count). The second kappa shape index (κ2) is 4.65. The summed E-state index contributed by atoms with van der Waals surface area (Å²) in [6.45, 7) is 1.52. The Labute approximate surface area is 92.1 Å². The lowest BCUT2D eigenvalue weighted by Gasteiger charge is -2.12. The van der Waals surface area contributed by atoms with E-state index in [0.717, 1.165) is 18.6 Å². The molecule has 3 nitrogen and oxygen atoms in total. The molecule has 1 aromatic carbocycles. The van der Waals surface area contributed by atoms with Crippen molar-refractivity contribution in [1.82, 2.24) is 0 Å². The number of nitrogens with two attached hydrogens (primary N) is 1. The van der Waals surface area contributed by atoms with Crippen molar-refractivity contribution in [2.75, 3.05) is 25.6 Å². The highest BCUT2D eigenvalue weighted by Crippen LogP contribution is 2.25. The first-order chi connectivity index (χ1) is 7.66. The van der Waals surface area contributed by atoms with Gasteiger partial charge in [-0.25, -0.2) is 8.78 Å². The van der Waals surface area contributed by atoms with Gasteiger partial charge in [0.05, 0.1) is 13.2 Å². The third kappa shape index (κ3) is 2.41. The predicted octanol–water partition coefficient (Wildman–Crippen LogP) is 1.96. The van der Waals surface area contributed by atoms with Crippen molar-refractivity contribution in [2.45, 2.75) is 6.42 Å². The number of hydrogen-bond acceptors (Lipinski definition) is 3. The molecule has 1 aliphatic rings. The monoisotopic (exact) mass is 229 g/mol. The fraction of sp³-hybridized carbons (Fsp3) is 0.455. The van der Waals surface area contributed by atoms with Crippen LogP contribution >= 0.6 is 0 Å². The van der Waals surface area contributed by atoms with Crippen LogP contribution in [0.25, 0.3) is 0 Å². The molecule has 5 heteroatoms. The largest absolute Gasteiger partial charge is 0.487 e. The molecule has 1 unspecified atom stereocenters. The molecule has 88 valence electrons. The van der Waals surface area contributed by atoms with Crippen LogP contribution in [0.4, 0.5) is 14.5 Å². The first-order valence-electron chi connectivity index (χ1n) is 5.12. The summed E-state index contributed by atoms with van der Waals surface area (Å²) in [6.07, 6.45) is 0.859. The summed E-state index contributed by atoms with van der Waals surface area (Å²) < 4.78 is 36.9. The smallest absolute Gasteiger partial charge is 0.190 e. The summed E-state index contributed by atoms with van der Waals surface area (Å²) in [7, 11) is 0. The van der Waals surface area contributed by atoms with Gasteiger partial charge < -0.3 is 15.2 Å². The van der Waals surface area contributed by atoms with E-state index in [4.69, 9.17) is 15.2 Å². The third-order valence-electron chi connectivity index (χ3n) is 2.51. The maximum Gasteiger partial charge on any atom is 0.190 e. The summed E-state index contributed by atoms with van der Waals surface area (Å²) in [5.41, 5.74) is 5.34. The van der Waals surface area contributed by atoms with Crippen molar-refractivity contribution in [3.8, 4) is 5.75 Å². The number of ether oxygens (including phenoxy) is 2. The van der Waals surface area contributed by atoms with Crippen LogP contribution in [0, 0.1) is 17.6 Å². The zero-order chi connectivity index (χ0) is 11.5. The normalized spacial score (nSPS) is 20.0. The van der Waals surface area contributed by atoms with Crippen molar-refractivity contribution in [1.29, 1.82) is 0 Å². The van der Waals surface area contributed by atoms with Gasteiger partial charge in [0.1, 0.15) is 0 Å². The molecule has 0 aromatic heterocycles. The van der Waals surface area contributed by atoms with Crippen LogP contribution < -0.4 is 10.5 Å². The van der Waals surface area contributed by atoms with E-state index in [1.54, 1.807) is 0 Å². The van der Waals surface area contributed by atoms with Crippen LogP contribution in [0.2, 0.25) is 0 Å². The van der Waals surface area contributed by atoms with E-state index in [2.05, 4.69) is 0 Å². The Morgan fingerprint density at radius 3 is 2.62 bits per heavy atom. The number of halogens is 2. The standard InChI is InChI=1S/C11H13F2NO2/c12-9-3-8(14)4-10(13)11(9)16-6-7-1-2-15-5-7/h3-4,7H,1-2,5-6,14H2. The van der Waals surface area contributed by atoms with Crippen molar-refractivity contribution in [3.05, 3.63) is 23.8 Å². The van der Waals surface area contributed by atoms with Crippen LogP contribution in [-0.2, 0) is 4.74 Å². The van der Waals surface area contributed by atoms with Crippen LogP contribution in [-0.4, -0.2) is 19.8 Å². The molecule has 2 N–H and O–H groups in total. The summed E-state index contributed by atoms with van der Waals surface area (Å²) in [5.74, 6) is -1.69.